The van der Waals surface area contributed by atoms with Gasteiger partial charge in [0.1, 0.15) is 5.82 Å². The fourth-order valence-electron chi connectivity index (χ4n) is 1.25. The Balaban J connectivity index is 2.50. The van der Waals surface area contributed by atoms with Crippen LogP contribution in [0.2, 0.25) is 5.02 Å². The first-order valence-corrected chi connectivity index (χ1v) is 4.61. The Labute approximate surface area is 90.3 Å². The van der Waals surface area contributed by atoms with Crippen molar-refractivity contribution in [2.24, 2.45) is 0 Å². The highest BCUT2D eigenvalue weighted by molar-refractivity contribution is 6.30. The highest BCUT2D eigenvalue weighted by Crippen LogP contribution is 2.23. The van der Waals surface area contributed by atoms with Crippen LogP contribution in [-0.4, -0.2) is 4.98 Å². The molecule has 0 spiro atoms. The average Bonchev–Trinajstić information content (AvgIpc) is 2.22. The maximum Gasteiger partial charge on any atom is 0.231 e. The summed E-state index contributed by atoms with van der Waals surface area (Å²) in [6.07, 6.45) is 1.32. The molecule has 0 atom stereocenters. The molecule has 0 N–H and O–H groups in total. The van der Waals surface area contributed by atoms with Crippen LogP contribution < -0.4 is 0 Å². The molecule has 0 saturated carbocycles. The van der Waals surface area contributed by atoms with E-state index in [0.717, 1.165) is 0 Å². The monoisotopic (exact) mass is 225 g/mol. The van der Waals surface area contributed by atoms with Gasteiger partial charge in [-0.15, -0.1) is 0 Å². The molecule has 1 nitrogen and oxygen atoms in total. The van der Waals surface area contributed by atoms with Crippen molar-refractivity contribution >= 4 is 11.6 Å². The third-order valence-electron chi connectivity index (χ3n) is 1.95. The van der Waals surface area contributed by atoms with E-state index in [1.54, 1.807) is 12.1 Å². The van der Waals surface area contributed by atoms with Crippen molar-refractivity contribution < 1.29 is 8.78 Å². The number of hydrogen-bond acceptors (Lipinski definition) is 1. The first-order valence-electron chi connectivity index (χ1n) is 4.24. The molecule has 0 aliphatic rings. The number of benzene rings is 1. The summed E-state index contributed by atoms with van der Waals surface area (Å²) in [5, 5.41) is -0.0724. The Kier molecular flexibility index (Phi) is 2.64. The molecule has 2 aromatic rings. The van der Waals surface area contributed by atoms with Gasteiger partial charge in [0.05, 0.1) is 5.02 Å². The maximum absolute atomic E-state index is 12.9. The molecular formula is C11H6ClF2N. The van der Waals surface area contributed by atoms with Crippen molar-refractivity contribution in [1.29, 1.82) is 0 Å². The van der Waals surface area contributed by atoms with Gasteiger partial charge in [-0.05, 0) is 23.8 Å². The Morgan fingerprint density at radius 2 is 1.87 bits per heavy atom. The van der Waals surface area contributed by atoms with Gasteiger partial charge < -0.3 is 0 Å². The highest BCUT2D eigenvalue weighted by atomic mass is 35.5. The van der Waals surface area contributed by atoms with E-state index in [0.29, 0.717) is 11.1 Å². The quantitative estimate of drug-likeness (QED) is 0.675. The van der Waals surface area contributed by atoms with Crippen LogP contribution in [0.1, 0.15) is 0 Å². The van der Waals surface area contributed by atoms with Gasteiger partial charge in [-0.1, -0.05) is 23.7 Å². The minimum atomic E-state index is -0.725. The second kappa shape index (κ2) is 3.95. The van der Waals surface area contributed by atoms with E-state index >= 15 is 0 Å². The zero-order chi connectivity index (χ0) is 10.8. The molecule has 0 unspecified atom stereocenters. The van der Waals surface area contributed by atoms with E-state index in [9.17, 15) is 8.78 Å². The number of rotatable bonds is 1. The Morgan fingerprint density at radius 3 is 2.53 bits per heavy atom. The Bertz CT molecular complexity index is 500. The molecule has 4 heteroatoms. The minimum absolute atomic E-state index is 0.0724. The van der Waals surface area contributed by atoms with Gasteiger partial charge in [-0.25, -0.2) is 9.37 Å². The molecule has 1 heterocycles. The zero-order valence-corrected chi connectivity index (χ0v) is 8.30. The normalized spacial score (nSPS) is 10.3. The summed E-state index contributed by atoms with van der Waals surface area (Å²) >= 11 is 5.57. The summed E-state index contributed by atoms with van der Waals surface area (Å²) in [6.45, 7) is 0. The van der Waals surface area contributed by atoms with E-state index in [1.165, 1.54) is 24.4 Å². The van der Waals surface area contributed by atoms with E-state index in [1.807, 2.05) is 0 Å². The van der Waals surface area contributed by atoms with Gasteiger partial charge in [0.15, 0.2) is 0 Å². The number of hydrogen-bond donors (Lipinski definition) is 0. The predicted octanol–water partition coefficient (Wildman–Crippen LogP) is 3.68. The van der Waals surface area contributed by atoms with Crippen molar-refractivity contribution in [3.8, 4) is 11.1 Å². The Hall–Kier alpha value is -1.48. The van der Waals surface area contributed by atoms with Crippen molar-refractivity contribution in [2.75, 3.05) is 0 Å². The number of pyridine rings is 1. The predicted molar refractivity (Wildman–Crippen MR) is 54.6 cm³/mol. The van der Waals surface area contributed by atoms with Crippen LogP contribution >= 0.6 is 11.6 Å². The highest BCUT2D eigenvalue weighted by Gasteiger charge is 2.04. The van der Waals surface area contributed by atoms with Crippen molar-refractivity contribution in [2.45, 2.75) is 0 Å². The molecular weight excluding hydrogens is 220 g/mol. The van der Waals surface area contributed by atoms with E-state index in [-0.39, 0.29) is 10.8 Å². The second-order valence-electron chi connectivity index (χ2n) is 3.01. The standard InChI is InChI=1S/C11H6ClF2N/c12-10-5-8(6-15-11(10)14)7-2-1-3-9(13)4-7/h1-6H. The van der Waals surface area contributed by atoms with Crippen LogP contribution in [0.4, 0.5) is 8.78 Å². The van der Waals surface area contributed by atoms with Crippen molar-refractivity contribution in [3.05, 3.63) is 53.3 Å². The third-order valence-corrected chi connectivity index (χ3v) is 2.22. The van der Waals surface area contributed by atoms with E-state index in [4.69, 9.17) is 11.6 Å². The van der Waals surface area contributed by atoms with Crippen molar-refractivity contribution in [1.82, 2.24) is 4.98 Å². The summed E-state index contributed by atoms with van der Waals surface area (Å²) < 4.78 is 25.7. The zero-order valence-electron chi connectivity index (χ0n) is 7.55. The maximum atomic E-state index is 12.9. The molecule has 1 aromatic carbocycles. The Morgan fingerprint density at radius 1 is 1.07 bits per heavy atom. The molecule has 0 aliphatic heterocycles. The number of aromatic nitrogens is 1. The largest absolute Gasteiger partial charge is 0.231 e. The summed E-state index contributed by atoms with van der Waals surface area (Å²) in [5.41, 5.74) is 1.20. The average molecular weight is 226 g/mol. The first kappa shape index (κ1) is 10.1. The van der Waals surface area contributed by atoms with Gasteiger partial charge in [0.25, 0.3) is 0 Å². The topological polar surface area (TPSA) is 12.9 Å². The van der Waals surface area contributed by atoms with Gasteiger partial charge >= 0.3 is 0 Å². The molecule has 1 aromatic heterocycles. The van der Waals surface area contributed by atoms with Crippen LogP contribution in [0, 0.1) is 11.8 Å². The van der Waals surface area contributed by atoms with Crippen LogP contribution in [0.3, 0.4) is 0 Å². The smallest absolute Gasteiger partial charge is 0.226 e. The summed E-state index contributed by atoms with van der Waals surface area (Å²) in [4.78, 5) is 3.46. The molecule has 15 heavy (non-hydrogen) atoms. The van der Waals surface area contributed by atoms with Crippen molar-refractivity contribution in [3.63, 3.8) is 0 Å². The fourth-order valence-corrected chi connectivity index (χ4v) is 1.41. The molecule has 76 valence electrons. The molecule has 0 radical (unpaired) electrons. The van der Waals surface area contributed by atoms with E-state index in [2.05, 4.69) is 4.98 Å². The lowest BCUT2D eigenvalue weighted by Gasteiger charge is -2.01. The van der Waals surface area contributed by atoms with Gasteiger partial charge in [0, 0.05) is 11.8 Å². The molecule has 0 aliphatic carbocycles. The summed E-state index contributed by atoms with van der Waals surface area (Å²) in [5.74, 6) is -1.08. The number of nitrogens with zero attached hydrogens (tertiary/aromatic N) is 1. The van der Waals surface area contributed by atoms with Crippen LogP contribution in [-0.2, 0) is 0 Å². The molecule has 0 saturated heterocycles. The molecule has 0 bridgehead atoms. The lowest BCUT2D eigenvalue weighted by atomic mass is 10.1. The SMILES string of the molecule is Fc1cccc(-c2cnc(F)c(Cl)c2)c1. The molecule has 0 amide bonds. The molecule has 0 fully saturated rings. The first-order chi connectivity index (χ1) is 7.16. The minimum Gasteiger partial charge on any atom is -0.226 e. The third kappa shape index (κ3) is 2.13. The second-order valence-corrected chi connectivity index (χ2v) is 3.41. The van der Waals surface area contributed by atoms with Gasteiger partial charge in [-0.2, -0.15) is 4.39 Å². The molecule has 2 rings (SSSR count). The van der Waals surface area contributed by atoms with E-state index < -0.39 is 5.95 Å². The van der Waals surface area contributed by atoms with Crippen LogP contribution in [0.15, 0.2) is 36.5 Å². The van der Waals surface area contributed by atoms with Crippen LogP contribution in [0.25, 0.3) is 11.1 Å². The summed E-state index contributed by atoms with van der Waals surface area (Å²) in [7, 11) is 0. The summed E-state index contributed by atoms with van der Waals surface area (Å²) in [6, 6.07) is 7.36. The lowest BCUT2D eigenvalue weighted by molar-refractivity contribution is 0.584. The number of halogens is 3. The van der Waals surface area contributed by atoms with Gasteiger partial charge in [-0.3, -0.25) is 0 Å². The van der Waals surface area contributed by atoms with Crippen LogP contribution in [0.5, 0.6) is 0 Å². The van der Waals surface area contributed by atoms with Gasteiger partial charge in [0.2, 0.25) is 5.95 Å². The fraction of sp³-hybridized carbons (Fsp3) is 0. The lowest BCUT2D eigenvalue weighted by Crippen LogP contribution is -1.86.